The number of hydrogen-bond acceptors (Lipinski definition) is 1. The van der Waals surface area contributed by atoms with Crippen LogP contribution in [0.4, 0.5) is 0 Å². The molecule has 0 N–H and O–H groups in total. The van der Waals surface area contributed by atoms with Crippen LogP contribution in [0.2, 0.25) is 0 Å². The van der Waals surface area contributed by atoms with E-state index in [9.17, 15) is 0 Å². The van der Waals surface area contributed by atoms with Gasteiger partial charge in [-0.25, -0.2) is 0 Å². The fourth-order valence-electron chi connectivity index (χ4n) is 5.90. The molecular weight excluding hydrogens is 448 g/mol. The first-order chi connectivity index (χ1) is 18.2. The van der Waals surface area contributed by atoms with E-state index in [4.69, 9.17) is 4.98 Å². The molecule has 0 spiro atoms. The van der Waals surface area contributed by atoms with Crippen LogP contribution in [0.15, 0.2) is 115 Å². The highest BCUT2D eigenvalue weighted by atomic mass is 15.0. The standard InChI is InChI=1S/C35H28N2/c1-23(2)19-24-20-26(35-32-16-15-25-9-3-4-10-28(25)29(32)17-18-36-35)22-27(21-24)37-33-13-7-5-11-30(33)31-12-6-8-14-34(31)37/h3-18,20-23H,19H2,1-2H3. The van der Waals surface area contributed by atoms with Gasteiger partial charge >= 0.3 is 0 Å². The van der Waals surface area contributed by atoms with Gasteiger partial charge in [-0.1, -0.05) is 86.6 Å². The first-order valence-electron chi connectivity index (χ1n) is 13.1. The zero-order valence-corrected chi connectivity index (χ0v) is 21.1. The number of nitrogens with zero attached hydrogens (tertiary/aromatic N) is 2. The van der Waals surface area contributed by atoms with Crippen molar-refractivity contribution in [2.24, 2.45) is 5.92 Å². The molecule has 2 heterocycles. The highest BCUT2D eigenvalue weighted by molar-refractivity contribution is 6.12. The smallest absolute Gasteiger partial charge is 0.0781 e. The Morgan fingerprint density at radius 3 is 2.03 bits per heavy atom. The quantitative estimate of drug-likeness (QED) is 0.231. The Morgan fingerprint density at radius 2 is 1.30 bits per heavy atom. The van der Waals surface area contributed by atoms with Gasteiger partial charge in [0.1, 0.15) is 0 Å². The average molecular weight is 477 g/mol. The van der Waals surface area contributed by atoms with E-state index in [2.05, 4.69) is 128 Å². The van der Waals surface area contributed by atoms with Crippen molar-refractivity contribution in [2.45, 2.75) is 20.3 Å². The van der Waals surface area contributed by atoms with E-state index >= 15 is 0 Å². The molecule has 0 aliphatic heterocycles. The van der Waals surface area contributed by atoms with Gasteiger partial charge < -0.3 is 4.57 Å². The number of fused-ring (bicyclic) bond motifs is 6. The molecule has 2 aromatic heterocycles. The molecular formula is C35H28N2. The molecule has 0 saturated carbocycles. The van der Waals surface area contributed by atoms with Crippen molar-refractivity contribution in [2.75, 3.05) is 0 Å². The van der Waals surface area contributed by atoms with Crippen LogP contribution < -0.4 is 0 Å². The van der Waals surface area contributed by atoms with E-state index in [-0.39, 0.29) is 0 Å². The molecule has 2 heteroatoms. The predicted molar refractivity (Wildman–Crippen MR) is 158 cm³/mol. The molecule has 2 nitrogen and oxygen atoms in total. The van der Waals surface area contributed by atoms with Gasteiger partial charge in [0.05, 0.1) is 16.7 Å². The minimum atomic E-state index is 0.561. The summed E-state index contributed by atoms with van der Waals surface area (Å²) in [6.07, 6.45) is 2.98. The lowest BCUT2D eigenvalue weighted by Crippen LogP contribution is -2.00. The fourth-order valence-corrected chi connectivity index (χ4v) is 5.90. The van der Waals surface area contributed by atoms with Gasteiger partial charge in [0.25, 0.3) is 0 Å². The summed E-state index contributed by atoms with van der Waals surface area (Å²) in [4.78, 5) is 4.94. The molecule has 0 aliphatic carbocycles. The molecule has 0 atom stereocenters. The number of para-hydroxylation sites is 2. The Balaban J connectivity index is 1.53. The Labute approximate surface area is 216 Å². The Morgan fingerprint density at radius 1 is 0.622 bits per heavy atom. The number of aromatic nitrogens is 2. The minimum absolute atomic E-state index is 0.561. The SMILES string of the molecule is CC(C)Cc1cc(-c2nccc3c2ccc2ccccc23)cc(-n2c3ccccc3c3ccccc32)c1. The van der Waals surface area contributed by atoms with Crippen molar-refractivity contribution in [3.63, 3.8) is 0 Å². The molecule has 0 saturated heterocycles. The molecule has 0 fully saturated rings. The van der Waals surface area contributed by atoms with Crippen molar-refractivity contribution in [3.05, 3.63) is 121 Å². The summed E-state index contributed by atoms with van der Waals surface area (Å²) in [6, 6.07) is 39.7. The monoisotopic (exact) mass is 476 g/mol. The average Bonchev–Trinajstić information content (AvgIpc) is 3.26. The van der Waals surface area contributed by atoms with Crippen LogP contribution in [0, 0.1) is 5.92 Å². The summed E-state index contributed by atoms with van der Waals surface area (Å²) in [5, 5.41) is 7.52. The molecule has 0 bridgehead atoms. The van der Waals surface area contributed by atoms with Gasteiger partial charge in [-0.3, -0.25) is 4.98 Å². The van der Waals surface area contributed by atoms with Crippen molar-refractivity contribution < 1.29 is 0 Å². The number of pyridine rings is 1. The summed E-state index contributed by atoms with van der Waals surface area (Å²) in [5.74, 6) is 0.561. The van der Waals surface area contributed by atoms with E-state index in [1.54, 1.807) is 0 Å². The molecule has 7 rings (SSSR count). The Bertz CT molecular complexity index is 1890. The fraction of sp³-hybridized carbons (Fsp3) is 0.114. The van der Waals surface area contributed by atoms with Crippen molar-refractivity contribution >= 4 is 43.4 Å². The molecule has 0 unspecified atom stereocenters. The lowest BCUT2D eigenvalue weighted by Gasteiger charge is -2.15. The van der Waals surface area contributed by atoms with E-state index in [0.717, 1.165) is 17.7 Å². The molecule has 5 aromatic carbocycles. The largest absolute Gasteiger partial charge is 0.309 e. The van der Waals surface area contributed by atoms with Crippen LogP contribution in [-0.2, 0) is 6.42 Å². The molecule has 0 amide bonds. The van der Waals surface area contributed by atoms with Gasteiger partial charge in [0, 0.05) is 33.6 Å². The van der Waals surface area contributed by atoms with E-state index in [1.807, 2.05) is 6.20 Å². The number of benzene rings is 5. The first kappa shape index (κ1) is 21.8. The van der Waals surface area contributed by atoms with Crippen molar-refractivity contribution in [1.82, 2.24) is 9.55 Å². The van der Waals surface area contributed by atoms with Crippen LogP contribution in [0.25, 0.3) is 60.3 Å². The predicted octanol–water partition coefficient (Wildman–Crippen LogP) is 9.35. The Hall–Kier alpha value is -4.43. The second-order valence-corrected chi connectivity index (χ2v) is 10.4. The lowest BCUT2D eigenvalue weighted by atomic mass is 9.95. The van der Waals surface area contributed by atoms with Crippen LogP contribution in [-0.4, -0.2) is 9.55 Å². The van der Waals surface area contributed by atoms with Crippen LogP contribution in [0.1, 0.15) is 19.4 Å². The third-order valence-corrected chi connectivity index (χ3v) is 7.40. The summed E-state index contributed by atoms with van der Waals surface area (Å²) < 4.78 is 2.42. The van der Waals surface area contributed by atoms with Crippen molar-refractivity contribution in [1.29, 1.82) is 0 Å². The maximum atomic E-state index is 4.94. The van der Waals surface area contributed by atoms with E-state index in [1.165, 1.54) is 54.6 Å². The second-order valence-electron chi connectivity index (χ2n) is 10.4. The highest BCUT2D eigenvalue weighted by Crippen LogP contribution is 2.36. The third kappa shape index (κ3) is 3.60. The molecule has 0 aliphatic rings. The van der Waals surface area contributed by atoms with Gasteiger partial charge in [-0.2, -0.15) is 0 Å². The summed E-state index contributed by atoms with van der Waals surface area (Å²) in [5.41, 5.74) is 7.18. The van der Waals surface area contributed by atoms with Crippen LogP contribution in [0.3, 0.4) is 0 Å². The van der Waals surface area contributed by atoms with E-state index in [0.29, 0.717) is 5.92 Å². The van der Waals surface area contributed by atoms with Crippen LogP contribution in [0.5, 0.6) is 0 Å². The first-order valence-corrected chi connectivity index (χ1v) is 13.1. The Kier molecular flexibility index (Phi) is 5.07. The highest BCUT2D eigenvalue weighted by Gasteiger charge is 2.15. The summed E-state index contributed by atoms with van der Waals surface area (Å²) >= 11 is 0. The van der Waals surface area contributed by atoms with Crippen LogP contribution >= 0.6 is 0 Å². The zero-order chi connectivity index (χ0) is 24.9. The minimum Gasteiger partial charge on any atom is -0.309 e. The third-order valence-electron chi connectivity index (χ3n) is 7.40. The maximum Gasteiger partial charge on any atom is 0.0781 e. The topological polar surface area (TPSA) is 17.8 Å². The lowest BCUT2D eigenvalue weighted by molar-refractivity contribution is 0.647. The normalized spacial score (nSPS) is 11.9. The number of rotatable bonds is 4. The van der Waals surface area contributed by atoms with Gasteiger partial charge in [0.15, 0.2) is 0 Å². The number of hydrogen-bond donors (Lipinski definition) is 0. The van der Waals surface area contributed by atoms with Gasteiger partial charge in [0.2, 0.25) is 0 Å². The zero-order valence-electron chi connectivity index (χ0n) is 21.1. The van der Waals surface area contributed by atoms with Gasteiger partial charge in [-0.15, -0.1) is 0 Å². The second kappa shape index (κ2) is 8.60. The molecule has 0 radical (unpaired) electrons. The molecule has 178 valence electrons. The van der Waals surface area contributed by atoms with E-state index < -0.39 is 0 Å². The molecule has 37 heavy (non-hydrogen) atoms. The summed E-state index contributed by atoms with van der Waals surface area (Å²) in [6.45, 7) is 4.57. The summed E-state index contributed by atoms with van der Waals surface area (Å²) in [7, 11) is 0. The van der Waals surface area contributed by atoms with Gasteiger partial charge in [-0.05, 0) is 70.5 Å². The maximum absolute atomic E-state index is 4.94. The molecule has 7 aromatic rings. The van der Waals surface area contributed by atoms with Crippen molar-refractivity contribution in [3.8, 4) is 16.9 Å².